The van der Waals surface area contributed by atoms with E-state index in [1.54, 1.807) is 20.3 Å². The van der Waals surface area contributed by atoms with Gasteiger partial charge >= 0.3 is 0 Å². The molecule has 32 heavy (non-hydrogen) atoms. The fourth-order valence-corrected chi connectivity index (χ4v) is 3.81. The van der Waals surface area contributed by atoms with E-state index in [0.717, 1.165) is 41.0 Å². The number of benzene rings is 3. The average Bonchev–Trinajstić information content (AvgIpc) is 3.14. The van der Waals surface area contributed by atoms with Crippen LogP contribution >= 0.6 is 0 Å². The third kappa shape index (κ3) is 4.75. The number of para-hydroxylation sites is 2. The van der Waals surface area contributed by atoms with Gasteiger partial charge in [-0.3, -0.25) is 4.79 Å². The van der Waals surface area contributed by atoms with Crippen molar-refractivity contribution in [2.45, 2.75) is 19.3 Å². The van der Waals surface area contributed by atoms with E-state index in [4.69, 9.17) is 14.5 Å². The number of fused-ring (bicyclic) bond motifs is 1. The molecule has 3 aromatic carbocycles. The number of rotatable bonds is 8. The van der Waals surface area contributed by atoms with Crippen LogP contribution in [-0.2, 0) is 31.1 Å². The number of imidazole rings is 1. The number of nitrogens with zero attached hydrogens (tertiary/aromatic N) is 2. The first kappa shape index (κ1) is 21.4. The van der Waals surface area contributed by atoms with Crippen LogP contribution in [0.1, 0.15) is 17.0 Å². The lowest BCUT2D eigenvalue weighted by Crippen LogP contribution is -2.14. The minimum absolute atomic E-state index is 0.0790. The summed E-state index contributed by atoms with van der Waals surface area (Å²) < 4.78 is 12.7. The van der Waals surface area contributed by atoms with Crippen molar-refractivity contribution in [3.63, 3.8) is 0 Å². The summed E-state index contributed by atoms with van der Waals surface area (Å²) in [6, 6.07) is 21.7. The van der Waals surface area contributed by atoms with Crippen molar-refractivity contribution in [3.8, 4) is 11.5 Å². The van der Waals surface area contributed by atoms with Crippen LogP contribution in [0.15, 0.2) is 66.7 Å². The second-order valence-corrected chi connectivity index (χ2v) is 7.69. The van der Waals surface area contributed by atoms with Crippen LogP contribution in [0.5, 0.6) is 11.5 Å². The summed E-state index contributed by atoms with van der Waals surface area (Å²) in [6.45, 7) is 0. The minimum Gasteiger partial charge on any atom is -0.493 e. The third-order valence-electron chi connectivity index (χ3n) is 5.57. The molecule has 1 amide bonds. The Hall–Kier alpha value is -3.80. The van der Waals surface area contributed by atoms with Gasteiger partial charge in [0.05, 0.1) is 31.7 Å². The van der Waals surface area contributed by atoms with Gasteiger partial charge in [0.2, 0.25) is 5.91 Å². The number of nitrogens with one attached hydrogen (secondary N) is 1. The van der Waals surface area contributed by atoms with Gasteiger partial charge in [-0.15, -0.1) is 0 Å². The largest absolute Gasteiger partial charge is 0.493 e. The Kier molecular flexibility index (Phi) is 6.40. The molecule has 0 bridgehead atoms. The van der Waals surface area contributed by atoms with Crippen molar-refractivity contribution in [1.29, 1.82) is 0 Å². The number of carbonyl (C=O) groups excluding carboxylic acids is 1. The zero-order chi connectivity index (χ0) is 22.5. The molecule has 1 heterocycles. The Labute approximate surface area is 187 Å². The van der Waals surface area contributed by atoms with Gasteiger partial charge in [-0.05, 0) is 53.9 Å². The van der Waals surface area contributed by atoms with Gasteiger partial charge in [0.1, 0.15) is 5.82 Å². The normalized spacial score (nSPS) is 10.8. The lowest BCUT2D eigenvalue weighted by atomic mass is 10.1. The summed E-state index contributed by atoms with van der Waals surface area (Å²) in [6.07, 6.45) is 2.00. The van der Waals surface area contributed by atoms with Crippen LogP contribution in [0.4, 0.5) is 5.69 Å². The van der Waals surface area contributed by atoms with E-state index in [2.05, 4.69) is 35.1 Å². The highest BCUT2D eigenvalue weighted by molar-refractivity contribution is 5.92. The fourth-order valence-electron chi connectivity index (χ4n) is 3.81. The molecule has 0 spiro atoms. The summed E-state index contributed by atoms with van der Waals surface area (Å²) in [7, 11) is 5.23. The van der Waals surface area contributed by atoms with Gasteiger partial charge in [-0.1, -0.05) is 30.3 Å². The molecule has 164 valence electrons. The van der Waals surface area contributed by atoms with Gasteiger partial charge in [0, 0.05) is 19.2 Å². The highest BCUT2D eigenvalue weighted by Crippen LogP contribution is 2.27. The van der Waals surface area contributed by atoms with E-state index < -0.39 is 0 Å². The Bertz CT molecular complexity index is 1230. The maximum Gasteiger partial charge on any atom is 0.228 e. The minimum atomic E-state index is -0.0790. The maximum atomic E-state index is 12.5. The molecule has 0 atom stereocenters. The lowest BCUT2D eigenvalue weighted by molar-refractivity contribution is -0.115. The molecule has 0 aliphatic heterocycles. The summed E-state index contributed by atoms with van der Waals surface area (Å²) in [5.41, 5.74) is 5.02. The number of anilines is 1. The molecule has 4 rings (SSSR count). The zero-order valence-electron chi connectivity index (χ0n) is 18.6. The summed E-state index contributed by atoms with van der Waals surface area (Å²) in [4.78, 5) is 17.2. The number of aryl methyl sites for hydroxylation is 3. The van der Waals surface area contributed by atoms with Crippen molar-refractivity contribution in [2.24, 2.45) is 7.05 Å². The molecule has 6 heteroatoms. The molecule has 1 aromatic heterocycles. The average molecular weight is 430 g/mol. The van der Waals surface area contributed by atoms with Crippen LogP contribution in [0.25, 0.3) is 11.0 Å². The third-order valence-corrected chi connectivity index (χ3v) is 5.57. The van der Waals surface area contributed by atoms with E-state index >= 15 is 0 Å². The standard InChI is InChI=1S/C26H27N3O3/c1-29-22-7-5-4-6-21(22)28-25(29)15-11-18-8-12-20(13-9-18)27-26(30)17-19-10-14-23(31-2)24(16-19)32-3/h4-10,12-14,16H,11,15,17H2,1-3H3,(H,27,30). The molecular weight excluding hydrogens is 402 g/mol. The summed E-state index contributed by atoms with van der Waals surface area (Å²) in [5, 5.41) is 2.96. The zero-order valence-corrected chi connectivity index (χ0v) is 18.6. The predicted octanol–water partition coefficient (Wildman–Crippen LogP) is 4.56. The number of carbonyl (C=O) groups is 1. The van der Waals surface area contributed by atoms with Crippen molar-refractivity contribution in [3.05, 3.63) is 83.7 Å². The van der Waals surface area contributed by atoms with Crippen molar-refractivity contribution in [1.82, 2.24) is 9.55 Å². The van der Waals surface area contributed by atoms with Gasteiger partial charge in [-0.2, -0.15) is 0 Å². The van der Waals surface area contributed by atoms with Crippen molar-refractivity contribution < 1.29 is 14.3 Å². The van der Waals surface area contributed by atoms with Gasteiger partial charge in [0.25, 0.3) is 0 Å². The second-order valence-electron chi connectivity index (χ2n) is 7.69. The number of hydrogen-bond acceptors (Lipinski definition) is 4. The van der Waals surface area contributed by atoms with E-state index in [9.17, 15) is 4.79 Å². The first-order valence-corrected chi connectivity index (χ1v) is 10.6. The molecule has 0 saturated carbocycles. The Morgan fingerprint density at radius 3 is 2.34 bits per heavy atom. The van der Waals surface area contributed by atoms with E-state index in [-0.39, 0.29) is 12.3 Å². The highest BCUT2D eigenvalue weighted by atomic mass is 16.5. The van der Waals surface area contributed by atoms with Gasteiger partial charge in [0.15, 0.2) is 11.5 Å². The molecule has 0 fully saturated rings. The van der Waals surface area contributed by atoms with E-state index in [0.29, 0.717) is 11.5 Å². The molecule has 1 N–H and O–H groups in total. The fraction of sp³-hybridized carbons (Fsp3) is 0.231. The molecule has 0 aliphatic rings. The molecule has 0 unspecified atom stereocenters. The van der Waals surface area contributed by atoms with Gasteiger partial charge in [-0.25, -0.2) is 4.98 Å². The molecule has 0 radical (unpaired) electrons. The Morgan fingerprint density at radius 1 is 0.906 bits per heavy atom. The predicted molar refractivity (Wildman–Crippen MR) is 126 cm³/mol. The molecule has 4 aromatic rings. The SMILES string of the molecule is COc1ccc(CC(=O)Nc2ccc(CCc3nc4ccccc4n3C)cc2)cc1OC. The lowest BCUT2D eigenvalue weighted by Gasteiger charge is -2.10. The Balaban J connectivity index is 1.34. The smallest absolute Gasteiger partial charge is 0.228 e. The first-order chi connectivity index (χ1) is 15.6. The van der Waals surface area contributed by atoms with Crippen LogP contribution in [0.2, 0.25) is 0 Å². The summed E-state index contributed by atoms with van der Waals surface area (Å²) in [5.74, 6) is 2.25. The number of ether oxygens (including phenoxy) is 2. The molecule has 0 aliphatic carbocycles. The van der Waals surface area contributed by atoms with Crippen LogP contribution in [0.3, 0.4) is 0 Å². The second kappa shape index (κ2) is 9.56. The van der Waals surface area contributed by atoms with Crippen molar-refractivity contribution >= 4 is 22.6 Å². The molecule has 6 nitrogen and oxygen atoms in total. The number of amides is 1. The van der Waals surface area contributed by atoms with Gasteiger partial charge < -0.3 is 19.4 Å². The van der Waals surface area contributed by atoms with Crippen LogP contribution in [-0.4, -0.2) is 29.7 Å². The number of methoxy groups -OCH3 is 2. The quantitative estimate of drug-likeness (QED) is 0.446. The topological polar surface area (TPSA) is 65.4 Å². The number of hydrogen-bond donors (Lipinski definition) is 1. The van der Waals surface area contributed by atoms with Crippen LogP contribution < -0.4 is 14.8 Å². The monoisotopic (exact) mass is 429 g/mol. The molecular formula is C26H27N3O3. The van der Waals surface area contributed by atoms with E-state index in [1.807, 2.05) is 42.5 Å². The van der Waals surface area contributed by atoms with E-state index in [1.165, 1.54) is 5.56 Å². The first-order valence-electron chi connectivity index (χ1n) is 10.6. The Morgan fingerprint density at radius 2 is 1.62 bits per heavy atom. The molecule has 0 saturated heterocycles. The maximum absolute atomic E-state index is 12.5. The summed E-state index contributed by atoms with van der Waals surface area (Å²) >= 11 is 0. The van der Waals surface area contributed by atoms with Crippen molar-refractivity contribution in [2.75, 3.05) is 19.5 Å². The van der Waals surface area contributed by atoms with Crippen LogP contribution in [0, 0.1) is 0 Å². The highest BCUT2D eigenvalue weighted by Gasteiger charge is 2.10. The number of aromatic nitrogens is 2.